The Bertz CT molecular complexity index is 220. The van der Waals surface area contributed by atoms with Gasteiger partial charge in [-0.3, -0.25) is 5.10 Å². The summed E-state index contributed by atoms with van der Waals surface area (Å²) in [6.07, 6.45) is 2.70. The molecule has 1 rings (SSSR count). The second-order valence-electron chi connectivity index (χ2n) is 2.45. The first-order valence-electron chi connectivity index (χ1n) is 3.43. The van der Waals surface area contributed by atoms with Gasteiger partial charge in [0.25, 0.3) is 0 Å². The maximum atomic E-state index is 5.58. The minimum absolute atomic E-state index is 0.137. The lowest BCUT2D eigenvalue weighted by Gasteiger charge is -1.98. The summed E-state index contributed by atoms with van der Waals surface area (Å²) < 4.78 is 0. The predicted octanol–water partition coefficient (Wildman–Crippen LogP) is 0.416. The molecule has 0 spiro atoms. The monoisotopic (exact) mass is 172 g/mol. The smallest absolute Gasteiger partial charge is 0.208 e. The molecule has 5 heteroatoms. The van der Waals surface area contributed by atoms with Crippen molar-refractivity contribution < 1.29 is 0 Å². The highest BCUT2D eigenvalue weighted by Crippen LogP contribution is 2.07. The maximum Gasteiger partial charge on any atom is 0.208 e. The summed E-state index contributed by atoms with van der Waals surface area (Å²) in [5.74, 6) is 0.865. The van der Waals surface area contributed by atoms with Crippen molar-refractivity contribution in [1.82, 2.24) is 15.2 Å². The molecule has 0 amide bonds. The van der Waals surface area contributed by atoms with E-state index in [9.17, 15) is 0 Å². The van der Waals surface area contributed by atoms with Crippen LogP contribution >= 0.6 is 11.8 Å². The lowest BCUT2D eigenvalue weighted by molar-refractivity contribution is 0.704. The zero-order valence-corrected chi connectivity index (χ0v) is 7.48. The summed E-state index contributed by atoms with van der Waals surface area (Å²) in [6, 6.07) is 0.137. The Balaban J connectivity index is 2.58. The molecule has 1 unspecified atom stereocenters. The first-order chi connectivity index (χ1) is 5.22. The van der Waals surface area contributed by atoms with Gasteiger partial charge in [0.15, 0.2) is 0 Å². The third-order valence-electron chi connectivity index (χ3n) is 1.21. The second-order valence-corrected chi connectivity index (χ2v) is 3.22. The van der Waals surface area contributed by atoms with Crippen molar-refractivity contribution in [1.29, 1.82) is 0 Å². The van der Waals surface area contributed by atoms with Crippen LogP contribution in [0.2, 0.25) is 0 Å². The number of aromatic amines is 1. The normalized spacial score (nSPS) is 13.4. The Kier molecular flexibility index (Phi) is 2.90. The van der Waals surface area contributed by atoms with Crippen LogP contribution < -0.4 is 5.73 Å². The Labute approximate surface area is 70.0 Å². The van der Waals surface area contributed by atoms with Crippen LogP contribution in [0.3, 0.4) is 0 Å². The molecule has 1 atom stereocenters. The Morgan fingerprint density at radius 1 is 1.73 bits per heavy atom. The molecule has 62 valence electrons. The van der Waals surface area contributed by atoms with E-state index in [1.165, 1.54) is 11.8 Å². The van der Waals surface area contributed by atoms with Crippen LogP contribution in [0.15, 0.2) is 5.16 Å². The van der Waals surface area contributed by atoms with Gasteiger partial charge in [0.1, 0.15) is 5.82 Å². The van der Waals surface area contributed by atoms with Gasteiger partial charge in [0, 0.05) is 12.5 Å². The summed E-state index contributed by atoms with van der Waals surface area (Å²) in [6.45, 7) is 1.95. The summed E-state index contributed by atoms with van der Waals surface area (Å²) in [4.78, 5) is 4.19. The van der Waals surface area contributed by atoms with Gasteiger partial charge in [-0.05, 0) is 13.2 Å². The van der Waals surface area contributed by atoms with Gasteiger partial charge in [-0.25, -0.2) is 4.98 Å². The van der Waals surface area contributed by atoms with E-state index in [0.29, 0.717) is 0 Å². The van der Waals surface area contributed by atoms with Crippen molar-refractivity contribution in [3.05, 3.63) is 5.82 Å². The van der Waals surface area contributed by atoms with Gasteiger partial charge < -0.3 is 5.73 Å². The van der Waals surface area contributed by atoms with Gasteiger partial charge in [-0.1, -0.05) is 11.8 Å². The summed E-state index contributed by atoms with van der Waals surface area (Å²) in [5, 5.41) is 7.56. The third kappa shape index (κ3) is 2.51. The number of nitrogens with zero attached hydrogens (tertiary/aromatic N) is 2. The molecule has 1 aromatic rings. The van der Waals surface area contributed by atoms with Gasteiger partial charge >= 0.3 is 0 Å². The van der Waals surface area contributed by atoms with Crippen LogP contribution in [0.25, 0.3) is 0 Å². The Morgan fingerprint density at radius 3 is 2.91 bits per heavy atom. The fourth-order valence-corrected chi connectivity index (χ4v) is 1.10. The molecule has 0 aliphatic rings. The topological polar surface area (TPSA) is 67.6 Å². The van der Waals surface area contributed by atoms with E-state index in [-0.39, 0.29) is 6.04 Å². The fourth-order valence-electron chi connectivity index (χ4n) is 0.765. The zero-order chi connectivity index (χ0) is 8.27. The van der Waals surface area contributed by atoms with Crippen molar-refractivity contribution in [2.24, 2.45) is 5.73 Å². The van der Waals surface area contributed by atoms with Gasteiger partial charge in [0.2, 0.25) is 5.16 Å². The molecule has 0 aromatic carbocycles. The molecule has 0 fully saturated rings. The molecule has 0 bridgehead atoms. The quantitative estimate of drug-likeness (QED) is 0.648. The molecule has 0 saturated heterocycles. The third-order valence-corrected chi connectivity index (χ3v) is 1.76. The van der Waals surface area contributed by atoms with Crippen molar-refractivity contribution in [3.63, 3.8) is 0 Å². The Morgan fingerprint density at radius 2 is 2.45 bits per heavy atom. The number of thioether (sulfide) groups is 1. The van der Waals surface area contributed by atoms with Gasteiger partial charge in [-0.15, -0.1) is 5.10 Å². The summed E-state index contributed by atoms with van der Waals surface area (Å²) >= 11 is 1.52. The van der Waals surface area contributed by atoms with Crippen LogP contribution in [0.4, 0.5) is 0 Å². The summed E-state index contributed by atoms with van der Waals surface area (Å²) in [5.41, 5.74) is 5.58. The first-order valence-corrected chi connectivity index (χ1v) is 4.65. The number of H-pyrrole nitrogens is 1. The van der Waals surface area contributed by atoms with Crippen LogP contribution in [-0.4, -0.2) is 27.5 Å². The highest BCUT2D eigenvalue weighted by Gasteiger charge is 2.03. The number of rotatable bonds is 3. The summed E-state index contributed by atoms with van der Waals surface area (Å²) in [7, 11) is 0. The first kappa shape index (κ1) is 8.55. The van der Waals surface area contributed by atoms with E-state index in [4.69, 9.17) is 5.73 Å². The van der Waals surface area contributed by atoms with Crippen molar-refractivity contribution in [2.45, 2.75) is 24.5 Å². The molecular weight excluding hydrogens is 160 g/mol. The van der Waals surface area contributed by atoms with E-state index in [1.807, 2.05) is 13.2 Å². The molecule has 0 saturated carbocycles. The molecule has 3 N–H and O–H groups in total. The molecule has 0 aliphatic carbocycles. The van der Waals surface area contributed by atoms with Gasteiger partial charge in [-0.2, -0.15) is 0 Å². The molecular formula is C6H12N4S. The van der Waals surface area contributed by atoms with E-state index in [1.54, 1.807) is 0 Å². The molecule has 1 heterocycles. The number of aromatic nitrogens is 3. The minimum atomic E-state index is 0.137. The van der Waals surface area contributed by atoms with Crippen LogP contribution in [0.5, 0.6) is 0 Å². The lowest BCUT2D eigenvalue weighted by Crippen LogP contribution is -2.18. The SMILES string of the molecule is CSc1n[nH]c(CC(C)N)n1. The van der Waals surface area contributed by atoms with Crippen LogP contribution in [0, 0.1) is 0 Å². The van der Waals surface area contributed by atoms with Crippen LogP contribution in [-0.2, 0) is 6.42 Å². The lowest BCUT2D eigenvalue weighted by atomic mass is 10.2. The van der Waals surface area contributed by atoms with E-state index in [0.717, 1.165) is 17.4 Å². The highest BCUT2D eigenvalue weighted by atomic mass is 32.2. The minimum Gasteiger partial charge on any atom is -0.328 e. The molecule has 11 heavy (non-hydrogen) atoms. The largest absolute Gasteiger partial charge is 0.328 e. The number of nitrogens with one attached hydrogen (secondary N) is 1. The number of hydrogen-bond donors (Lipinski definition) is 2. The average molecular weight is 172 g/mol. The molecule has 0 aliphatic heterocycles. The van der Waals surface area contributed by atoms with Crippen molar-refractivity contribution in [2.75, 3.05) is 6.26 Å². The van der Waals surface area contributed by atoms with E-state index >= 15 is 0 Å². The highest BCUT2D eigenvalue weighted by molar-refractivity contribution is 7.98. The average Bonchev–Trinajstić information content (AvgIpc) is 2.34. The van der Waals surface area contributed by atoms with E-state index < -0.39 is 0 Å². The molecule has 0 radical (unpaired) electrons. The Hall–Kier alpha value is -0.550. The van der Waals surface area contributed by atoms with Gasteiger partial charge in [0.05, 0.1) is 0 Å². The van der Waals surface area contributed by atoms with Crippen LogP contribution in [0.1, 0.15) is 12.7 Å². The number of nitrogens with two attached hydrogens (primary N) is 1. The van der Waals surface area contributed by atoms with Crippen molar-refractivity contribution >= 4 is 11.8 Å². The fraction of sp³-hybridized carbons (Fsp3) is 0.667. The maximum absolute atomic E-state index is 5.58. The molecule has 4 nitrogen and oxygen atoms in total. The molecule has 1 aromatic heterocycles. The van der Waals surface area contributed by atoms with Crippen molar-refractivity contribution in [3.8, 4) is 0 Å². The standard InChI is InChI=1S/C6H12N4S/c1-4(7)3-5-8-6(11-2)10-9-5/h4H,3,7H2,1-2H3,(H,8,9,10). The van der Waals surface area contributed by atoms with E-state index in [2.05, 4.69) is 15.2 Å². The predicted molar refractivity (Wildman–Crippen MR) is 45.5 cm³/mol. The number of hydrogen-bond acceptors (Lipinski definition) is 4. The second kappa shape index (κ2) is 3.73. The zero-order valence-electron chi connectivity index (χ0n) is 6.66.